The predicted octanol–water partition coefficient (Wildman–Crippen LogP) is 3.97. The predicted molar refractivity (Wildman–Crippen MR) is 129 cm³/mol. The van der Waals surface area contributed by atoms with Crippen molar-refractivity contribution in [3.63, 3.8) is 0 Å². The van der Waals surface area contributed by atoms with E-state index >= 15 is 0 Å². The summed E-state index contributed by atoms with van der Waals surface area (Å²) in [5, 5.41) is 10.7. The van der Waals surface area contributed by atoms with Crippen LogP contribution in [0.5, 0.6) is 0 Å². The Hall–Kier alpha value is -3.19. The van der Waals surface area contributed by atoms with Crippen LogP contribution in [0.25, 0.3) is 16.6 Å². The van der Waals surface area contributed by atoms with Crippen LogP contribution in [-0.2, 0) is 11.2 Å². The lowest BCUT2D eigenvalue weighted by Crippen LogP contribution is -2.55. The molecular formula is C25H25ClN6O. The highest BCUT2D eigenvalue weighted by Gasteiger charge is 2.38. The van der Waals surface area contributed by atoms with Crippen LogP contribution in [0.3, 0.4) is 0 Å². The Balaban J connectivity index is 1.43. The van der Waals surface area contributed by atoms with Crippen molar-refractivity contribution in [1.29, 1.82) is 0 Å². The van der Waals surface area contributed by atoms with Gasteiger partial charge in [0.2, 0.25) is 11.9 Å². The Morgan fingerprint density at radius 1 is 1.09 bits per heavy atom. The average molecular weight is 461 g/mol. The molecule has 1 saturated heterocycles. The highest BCUT2D eigenvalue weighted by molar-refractivity contribution is 6.31. The number of amides is 1. The minimum atomic E-state index is 0.118. The first kappa shape index (κ1) is 20.4. The molecule has 2 aliphatic rings. The van der Waals surface area contributed by atoms with Crippen molar-refractivity contribution >= 4 is 40.0 Å². The maximum absolute atomic E-state index is 12.7. The van der Waals surface area contributed by atoms with Crippen molar-refractivity contribution in [2.45, 2.75) is 32.2 Å². The molecule has 2 aromatic carbocycles. The van der Waals surface area contributed by atoms with Gasteiger partial charge in [0, 0.05) is 48.4 Å². The molecule has 33 heavy (non-hydrogen) atoms. The number of halogens is 1. The van der Waals surface area contributed by atoms with Gasteiger partial charge >= 0.3 is 0 Å². The Bertz CT molecular complexity index is 1350. The zero-order valence-electron chi connectivity index (χ0n) is 18.5. The van der Waals surface area contributed by atoms with Crippen LogP contribution in [0.1, 0.15) is 31.2 Å². The molecule has 1 saturated carbocycles. The molecule has 6 rings (SSSR count). The number of fused-ring (bicyclic) bond motifs is 3. The van der Waals surface area contributed by atoms with Crippen LogP contribution in [-0.4, -0.2) is 56.1 Å². The van der Waals surface area contributed by atoms with E-state index in [4.69, 9.17) is 16.6 Å². The van der Waals surface area contributed by atoms with Crippen LogP contribution < -0.4 is 4.90 Å². The number of rotatable bonds is 4. The lowest BCUT2D eigenvalue weighted by molar-refractivity contribution is -0.134. The molecule has 1 amide bonds. The second-order valence-corrected chi connectivity index (χ2v) is 9.55. The topological polar surface area (TPSA) is 66.6 Å². The van der Waals surface area contributed by atoms with Crippen molar-refractivity contribution in [2.24, 2.45) is 5.92 Å². The van der Waals surface area contributed by atoms with Crippen molar-refractivity contribution in [3.8, 4) is 0 Å². The van der Waals surface area contributed by atoms with Crippen LogP contribution >= 0.6 is 11.6 Å². The van der Waals surface area contributed by atoms with Crippen LogP contribution in [0.2, 0.25) is 5.02 Å². The van der Waals surface area contributed by atoms with Crippen LogP contribution in [0.15, 0.2) is 48.5 Å². The van der Waals surface area contributed by atoms with E-state index in [0.29, 0.717) is 23.9 Å². The van der Waals surface area contributed by atoms with E-state index in [2.05, 4.69) is 38.6 Å². The summed E-state index contributed by atoms with van der Waals surface area (Å²) in [6, 6.07) is 16.1. The minimum Gasteiger partial charge on any atom is -0.338 e. The number of anilines is 1. The highest BCUT2D eigenvalue weighted by Crippen LogP contribution is 2.33. The van der Waals surface area contributed by atoms with E-state index in [-0.39, 0.29) is 12.0 Å². The van der Waals surface area contributed by atoms with E-state index < -0.39 is 0 Å². The Morgan fingerprint density at radius 2 is 1.91 bits per heavy atom. The van der Waals surface area contributed by atoms with Gasteiger partial charge in [-0.05, 0) is 43.5 Å². The number of benzene rings is 2. The van der Waals surface area contributed by atoms with Gasteiger partial charge in [0.25, 0.3) is 0 Å². The quantitative estimate of drug-likeness (QED) is 0.461. The second-order valence-electron chi connectivity index (χ2n) is 9.11. The largest absolute Gasteiger partial charge is 0.338 e. The Labute approximate surface area is 197 Å². The zero-order chi connectivity index (χ0) is 22.5. The molecule has 1 unspecified atom stereocenters. The Morgan fingerprint density at radius 3 is 2.67 bits per heavy atom. The molecule has 4 aromatic rings. The van der Waals surface area contributed by atoms with Crippen LogP contribution in [0, 0.1) is 5.92 Å². The van der Waals surface area contributed by atoms with Gasteiger partial charge in [-0.3, -0.25) is 4.79 Å². The summed E-state index contributed by atoms with van der Waals surface area (Å²) in [6.45, 7) is 4.26. The molecule has 3 heterocycles. The third-order valence-corrected chi connectivity index (χ3v) is 6.91. The number of hydrogen-bond acceptors (Lipinski definition) is 5. The fourth-order valence-electron chi connectivity index (χ4n) is 4.78. The maximum atomic E-state index is 12.7. The maximum Gasteiger partial charge on any atom is 0.226 e. The molecule has 1 aliphatic carbocycles. The molecule has 168 valence electrons. The fraction of sp³-hybridized carbons (Fsp3) is 0.360. The van der Waals surface area contributed by atoms with Gasteiger partial charge in [-0.1, -0.05) is 41.9 Å². The average Bonchev–Trinajstić information content (AvgIpc) is 3.59. The normalized spacial score (nSPS) is 18.9. The van der Waals surface area contributed by atoms with Gasteiger partial charge in [0.1, 0.15) is 5.82 Å². The number of hydrogen-bond donors (Lipinski definition) is 0. The number of aromatic nitrogens is 4. The monoisotopic (exact) mass is 460 g/mol. The van der Waals surface area contributed by atoms with Gasteiger partial charge < -0.3 is 9.80 Å². The summed E-state index contributed by atoms with van der Waals surface area (Å²) in [5.74, 6) is 2.20. The van der Waals surface area contributed by atoms with Crippen molar-refractivity contribution in [3.05, 3.63) is 64.9 Å². The molecule has 0 N–H and O–H groups in total. The van der Waals surface area contributed by atoms with E-state index in [1.165, 1.54) is 5.56 Å². The van der Waals surface area contributed by atoms with Gasteiger partial charge in [0.05, 0.1) is 5.52 Å². The Kier molecular flexibility index (Phi) is 4.94. The second kappa shape index (κ2) is 7.99. The number of carbonyl (C=O) groups excluding carboxylic acids is 1. The number of piperazine rings is 1. The van der Waals surface area contributed by atoms with Crippen molar-refractivity contribution in [1.82, 2.24) is 24.5 Å². The molecule has 1 atom stereocenters. The summed E-state index contributed by atoms with van der Waals surface area (Å²) < 4.78 is 2.08. The summed E-state index contributed by atoms with van der Waals surface area (Å²) >= 11 is 6.29. The fourth-order valence-corrected chi connectivity index (χ4v) is 4.95. The number of nitrogens with zero attached hydrogens (tertiary/aromatic N) is 6. The van der Waals surface area contributed by atoms with Gasteiger partial charge in [0.15, 0.2) is 5.65 Å². The van der Waals surface area contributed by atoms with E-state index in [0.717, 1.165) is 54.3 Å². The first-order valence-electron chi connectivity index (χ1n) is 11.5. The molecule has 2 aromatic heterocycles. The van der Waals surface area contributed by atoms with Gasteiger partial charge in [-0.15, -0.1) is 10.2 Å². The summed E-state index contributed by atoms with van der Waals surface area (Å²) in [5.41, 5.74) is 2.75. The minimum absolute atomic E-state index is 0.118. The smallest absolute Gasteiger partial charge is 0.226 e. The van der Waals surface area contributed by atoms with Gasteiger partial charge in [-0.2, -0.15) is 0 Å². The first-order valence-corrected chi connectivity index (χ1v) is 11.9. The van der Waals surface area contributed by atoms with E-state index in [1.54, 1.807) is 0 Å². The summed E-state index contributed by atoms with van der Waals surface area (Å²) in [6.07, 6.45) is 2.72. The molecule has 2 fully saturated rings. The van der Waals surface area contributed by atoms with Crippen LogP contribution in [0.4, 0.5) is 5.95 Å². The van der Waals surface area contributed by atoms with E-state index in [9.17, 15) is 4.79 Å². The lowest BCUT2D eigenvalue weighted by atomic mass is 10.1. The molecule has 0 radical (unpaired) electrons. The third-order valence-electron chi connectivity index (χ3n) is 6.68. The molecule has 0 bridgehead atoms. The molecule has 1 aliphatic heterocycles. The number of carbonyl (C=O) groups is 1. The van der Waals surface area contributed by atoms with Crippen molar-refractivity contribution < 1.29 is 4.79 Å². The van der Waals surface area contributed by atoms with Gasteiger partial charge in [-0.25, -0.2) is 9.38 Å². The summed E-state index contributed by atoms with van der Waals surface area (Å²) in [4.78, 5) is 22.0. The summed E-state index contributed by atoms with van der Waals surface area (Å²) in [7, 11) is 0. The van der Waals surface area contributed by atoms with Crippen molar-refractivity contribution in [2.75, 3.05) is 24.5 Å². The molecule has 8 heteroatoms. The first-order chi connectivity index (χ1) is 16.1. The zero-order valence-corrected chi connectivity index (χ0v) is 19.2. The highest BCUT2D eigenvalue weighted by atomic mass is 35.5. The third kappa shape index (κ3) is 3.70. The van der Waals surface area contributed by atoms with E-state index in [1.807, 2.05) is 41.3 Å². The lowest BCUT2D eigenvalue weighted by Gasteiger charge is -2.40. The SMILES string of the molecule is CC1CN(c2nc3cc(Cl)ccc3c3nnc(Cc4ccccc4)n23)CCN1C(=O)C1CC1. The molecular weight excluding hydrogens is 436 g/mol. The standard InChI is InChI=1S/C25H25ClN6O/c1-16-15-30(11-12-31(16)24(33)18-7-8-18)25-27-21-14-19(26)9-10-20(21)23-29-28-22(32(23)25)13-17-5-3-2-4-6-17/h2-6,9-10,14,16,18H,7-8,11-13,15H2,1H3. The molecule has 7 nitrogen and oxygen atoms in total. The molecule has 0 spiro atoms.